The molecule has 0 saturated carbocycles. The Balaban J connectivity index is 0. The molecule has 0 radical (unpaired) electrons. The lowest BCUT2D eigenvalue weighted by Gasteiger charge is -2.10. The van der Waals surface area contributed by atoms with Gasteiger partial charge in [0.15, 0.2) is 0 Å². The highest BCUT2D eigenvalue weighted by atomic mass is 16.2. The predicted molar refractivity (Wildman–Crippen MR) is 62.5 cm³/mol. The summed E-state index contributed by atoms with van der Waals surface area (Å²) in [6, 6.07) is 9.46. The minimum Gasteiger partial charge on any atom is -0.412 e. The molecule has 6 N–H and O–H groups in total. The van der Waals surface area contributed by atoms with Gasteiger partial charge in [0.25, 0.3) is 5.91 Å². The van der Waals surface area contributed by atoms with Crippen LogP contribution in [-0.4, -0.2) is 28.0 Å². The zero-order valence-corrected chi connectivity index (χ0v) is 8.90. The van der Waals surface area contributed by atoms with Crippen LogP contribution >= 0.6 is 0 Å². The Hall–Kier alpha value is -1.76. The fourth-order valence-corrected chi connectivity index (χ4v) is 1.33. The van der Waals surface area contributed by atoms with Crippen molar-refractivity contribution in [3.63, 3.8) is 0 Å². The van der Waals surface area contributed by atoms with E-state index in [0.717, 1.165) is 11.4 Å². The fraction of sp³-hybridized carbons (Fsp3) is 0.200. The molecule has 16 heavy (non-hydrogen) atoms. The second-order valence-electron chi connectivity index (χ2n) is 3.05. The first kappa shape index (κ1) is 16.7. The van der Waals surface area contributed by atoms with Gasteiger partial charge < -0.3 is 16.4 Å². The average Bonchev–Trinajstić information content (AvgIpc) is 2.47. The predicted octanol–water partition coefficient (Wildman–Crippen LogP) is -0.675. The van der Waals surface area contributed by atoms with Gasteiger partial charge in [-0.05, 0) is 19.1 Å². The van der Waals surface area contributed by atoms with Crippen LogP contribution < -0.4 is 5.01 Å². The molecule has 1 amide bonds. The lowest BCUT2D eigenvalue weighted by Crippen LogP contribution is -2.19. The van der Waals surface area contributed by atoms with Crippen LogP contribution in [-0.2, 0) is 4.79 Å². The Morgan fingerprint density at radius 3 is 2.12 bits per heavy atom. The Labute approximate surface area is 93.1 Å². The van der Waals surface area contributed by atoms with E-state index < -0.39 is 0 Å². The van der Waals surface area contributed by atoms with Gasteiger partial charge in [0.1, 0.15) is 0 Å². The first-order chi connectivity index (χ1) is 6.27. The van der Waals surface area contributed by atoms with Crippen LogP contribution in [0.3, 0.4) is 0 Å². The summed E-state index contributed by atoms with van der Waals surface area (Å²) < 4.78 is 0. The number of carbonyl (C=O) groups is 1. The highest BCUT2D eigenvalue weighted by molar-refractivity contribution is 6.12. The van der Waals surface area contributed by atoms with E-state index in [1.807, 2.05) is 37.3 Å². The Morgan fingerprint density at radius 2 is 1.69 bits per heavy atom. The largest absolute Gasteiger partial charge is 0.412 e. The van der Waals surface area contributed by atoms with Crippen molar-refractivity contribution in [2.45, 2.75) is 13.3 Å². The van der Waals surface area contributed by atoms with Crippen molar-refractivity contribution < 1.29 is 21.2 Å². The number of nitrogens with zero attached hydrogens (tertiary/aromatic N) is 2. The maximum Gasteiger partial charge on any atom is 0.253 e. The molecule has 0 unspecified atom stereocenters. The van der Waals surface area contributed by atoms with E-state index in [1.54, 1.807) is 0 Å². The average molecular weight is 228 g/mol. The second-order valence-corrected chi connectivity index (χ2v) is 3.05. The molecule has 0 fully saturated rings. The van der Waals surface area contributed by atoms with Crippen LogP contribution in [0, 0.1) is 0 Å². The van der Waals surface area contributed by atoms with E-state index in [2.05, 4.69) is 5.10 Å². The number of amides is 1. The van der Waals surface area contributed by atoms with Gasteiger partial charge >= 0.3 is 0 Å². The third-order valence-electron chi connectivity index (χ3n) is 1.91. The highest BCUT2D eigenvalue weighted by Gasteiger charge is 2.21. The molecule has 0 aromatic heterocycles. The third-order valence-corrected chi connectivity index (χ3v) is 1.91. The van der Waals surface area contributed by atoms with Gasteiger partial charge in [-0.2, -0.15) is 5.10 Å². The Morgan fingerprint density at radius 1 is 1.12 bits per heavy atom. The van der Waals surface area contributed by atoms with Crippen molar-refractivity contribution in [1.82, 2.24) is 0 Å². The van der Waals surface area contributed by atoms with Crippen molar-refractivity contribution in [3.8, 4) is 0 Å². The number of hydrogen-bond acceptors (Lipinski definition) is 2. The number of hydrogen-bond donors (Lipinski definition) is 0. The van der Waals surface area contributed by atoms with E-state index in [1.165, 1.54) is 5.01 Å². The Bertz CT molecular complexity index is 364. The number of benzene rings is 1. The van der Waals surface area contributed by atoms with Crippen molar-refractivity contribution in [1.29, 1.82) is 0 Å². The minimum absolute atomic E-state index is 0. The monoisotopic (exact) mass is 228 g/mol. The third kappa shape index (κ3) is 3.13. The summed E-state index contributed by atoms with van der Waals surface area (Å²) >= 11 is 0. The molecule has 6 heteroatoms. The van der Waals surface area contributed by atoms with Gasteiger partial charge in [0.2, 0.25) is 0 Å². The summed E-state index contributed by atoms with van der Waals surface area (Å²) in [6.07, 6.45) is 0.439. The smallest absolute Gasteiger partial charge is 0.253 e. The summed E-state index contributed by atoms with van der Waals surface area (Å²) in [5.74, 6) is 0.0451. The van der Waals surface area contributed by atoms with E-state index in [9.17, 15) is 4.79 Å². The van der Waals surface area contributed by atoms with Gasteiger partial charge in [0.05, 0.1) is 12.1 Å². The second kappa shape index (κ2) is 6.67. The summed E-state index contributed by atoms with van der Waals surface area (Å²) in [7, 11) is 0. The van der Waals surface area contributed by atoms with Crippen LogP contribution in [0.5, 0.6) is 0 Å². The molecular formula is C10H16N2O4. The molecule has 1 aromatic rings. The van der Waals surface area contributed by atoms with Crippen molar-refractivity contribution >= 4 is 17.3 Å². The summed E-state index contributed by atoms with van der Waals surface area (Å²) in [5, 5.41) is 5.59. The van der Waals surface area contributed by atoms with Crippen LogP contribution in [0.15, 0.2) is 35.4 Å². The number of hydrazone groups is 1. The molecular weight excluding hydrogens is 212 g/mol. The molecule has 2 rings (SSSR count). The molecule has 0 saturated heterocycles. The zero-order chi connectivity index (χ0) is 9.26. The quantitative estimate of drug-likeness (QED) is 0.620. The van der Waals surface area contributed by atoms with Crippen LogP contribution in [0.4, 0.5) is 5.69 Å². The fourth-order valence-electron chi connectivity index (χ4n) is 1.33. The molecule has 1 aliphatic rings. The maximum atomic E-state index is 11.4. The van der Waals surface area contributed by atoms with Crippen LogP contribution in [0.2, 0.25) is 0 Å². The SMILES string of the molecule is CC1=NN(c2ccccc2)C(=O)C1.O.O.O. The molecule has 1 aromatic carbocycles. The number of para-hydroxylation sites is 1. The van der Waals surface area contributed by atoms with Gasteiger partial charge in [-0.1, -0.05) is 18.2 Å². The summed E-state index contributed by atoms with van der Waals surface area (Å²) in [5.41, 5.74) is 1.71. The first-order valence-electron chi connectivity index (χ1n) is 4.19. The molecule has 0 atom stereocenters. The summed E-state index contributed by atoms with van der Waals surface area (Å²) in [4.78, 5) is 11.4. The molecule has 0 spiro atoms. The van der Waals surface area contributed by atoms with Crippen molar-refractivity contribution in [2.75, 3.05) is 5.01 Å². The molecule has 90 valence electrons. The molecule has 1 aliphatic heterocycles. The van der Waals surface area contributed by atoms with Crippen molar-refractivity contribution in [2.24, 2.45) is 5.10 Å². The van der Waals surface area contributed by atoms with Crippen molar-refractivity contribution in [3.05, 3.63) is 30.3 Å². The minimum atomic E-state index is 0. The summed E-state index contributed by atoms with van der Waals surface area (Å²) in [6.45, 7) is 1.86. The Kier molecular flexibility index (Phi) is 6.95. The topological polar surface area (TPSA) is 127 Å². The molecule has 1 heterocycles. The molecule has 0 aliphatic carbocycles. The van der Waals surface area contributed by atoms with Gasteiger partial charge in [-0.3, -0.25) is 4.79 Å². The number of anilines is 1. The number of rotatable bonds is 1. The lowest BCUT2D eigenvalue weighted by molar-refractivity contribution is -0.116. The first-order valence-corrected chi connectivity index (χ1v) is 4.19. The highest BCUT2D eigenvalue weighted by Crippen LogP contribution is 2.19. The van der Waals surface area contributed by atoms with Gasteiger partial charge in [-0.25, -0.2) is 5.01 Å². The van der Waals surface area contributed by atoms with E-state index in [4.69, 9.17) is 0 Å². The normalized spacial score (nSPS) is 13.2. The van der Waals surface area contributed by atoms with Crippen LogP contribution in [0.1, 0.15) is 13.3 Å². The standard InChI is InChI=1S/C10H10N2O.3H2O/c1-8-7-10(13)12(11-8)9-5-3-2-4-6-9;;;/h2-6H,7H2,1H3;3*1H2. The van der Waals surface area contributed by atoms with E-state index in [0.29, 0.717) is 6.42 Å². The van der Waals surface area contributed by atoms with E-state index >= 15 is 0 Å². The lowest BCUT2D eigenvalue weighted by atomic mass is 10.3. The number of carbonyl (C=O) groups excluding carboxylic acids is 1. The molecule has 0 bridgehead atoms. The maximum absolute atomic E-state index is 11.4. The van der Waals surface area contributed by atoms with E-state index in [-0.39, 0.29) is 22.3 Å². The van der Waals surface area contributed by atoms with Crippen LogP contribution in [0.25, 0.3) is 0 Å². The van der Waals surface area contributed by atoms with Gasteiger partial charge in [-0.15, -0.1) is 0 Å². The molecule has 6 nitrogen and oxygen atoms in total. The van der Waals surface area contributed by atoms with Gasteiger partial charge in [0, 0.05) is 5.71 Å². The zero-order valence-electron chi connectivity index (χ0n) is 8.90.